The molecule has 3 amide bonds. The Kier molecular flexibility index (Phi) is 5.06. The summed E-state index contributed by atoms with van der Waals surface area (Å²) in [6.07, 6.45) is 3.31. The van der Waals surface area contributed by atoms with Gasteiger partial charge in [-0.25, -0.2) is 0 Å². The van der Waals surface area contributed by atoms with Gasteiger partial charge in [-0.05, 0) is 44.7 Å². The second-order valence-electron chi connectivity index (χ2n) is 6.83. The first-order valence-electron chi connectivity index (χ1n) is 9.03. The Labute approximate surface area is 148 Å². The van der Waals surface area contributed by atoms with E-state index in [1.165, 1.54) is 4.90 Å². The van der Waals surface area contributed by atoms with Crippen LogP contribution in [0.1, 0.15) is 49.9 Å². The van der Waals surface area contributed by atoms with Crippen LogP contribution in [0.3, 0.4) is 0 Å². The van der Waals surface area contributed by atoms with Crippen molar-refractivity contribution in [3.8, 4) is 0 Å². The van der Waals surface area contributed by atoms with Gasteiger partial charge in [0, 0.05) is 12.6 Å². The molecule has 2 heterocycles. The van der Waals surface area contributed by atoms with Crippen molar-refractivity contribution in [1.82, 2.24) is 10.2 Å². The first-order chi connectivity index (χ1) is 12.0. The van der Waals surface area contributed by atoms with Gasteiger partial charge in [-0.15, -0.1) is 0 Å². The van der Waals surface area contributed by atoms with Crippen LogP contribution < -0.4 is 10.2 Å². The van der Waals surface area contributed by atoms with Gasteiger partial charge in [0.05, 0.1) is 11.3 Å². The number of hydrogen-bond acceptors (Lipinski definition) is 3. The number of anilines is 1. The van der Waals surface area contributed by atoms with Gasteiger partial charge in [-0.2, -0.15) is 0 Å². The Bertz CT molecular complexity index is 688. The van der Waals surface area contributed by atoms with E-state index in [-0.39, 0.29) is 30.3 Å². The van der Waals surface area contributed by atoms with E-state index in [2.05, 4.69) is 5.32 Å². The number of nitrogens with one attached hydrogen (secondary N) is 1. The summed E-state index contributed by atoms with van der Waals surface area (Å²) in [5.41, 5.74) is 1.03. The molecule has 0 aliphatic carbocycles. The van der Waals surface area contributed by atoms with Crippen molar-refractivity contribution in [1.29, 1.82) is 0 Å². The highest BCUT2D eigenvalue weighted by molar-refractivity contribution is 6.12. The number of hydrogen-bond donors (Lipinski definition) is 1. The third-order valence-electron chi connectivity index (χ3n) is 5.06. The zero-order valence-electron chi connectivity index (χ0n) is 14.8. The van der Waals surface area contributed by atoms with Crippen molar-refractivity contribution in [3.05, 3.63) is 29.8 Å². The summed E-state index contributed by atoms with van der Waals surface area (Å²) >= 11 is 0. The molecule has 1 N–H and O–H groups in total. The fourth-order valence-electron chi connectivity index (χ4n) is 3.50. The van der Waals surface area contributed by atoms with Crippen LogP contribution in [-0.2, 0) is 9.59 Å². The largest absolute Gasteiger partial charge is 0.352 e. The van der Waals surface area contributed by atoms with Crippen LogP contribution in [0.5, 0.6) is 0 Å². The van der Waals surface area contributed by atoms with Gasteiger partial charge in [-0.1, -0.05) is 19.1 Å². The van der Waals surface area contributed by atoms with E-state index in [0.717, 1.165) is 19.3 Å². The zero-order chi connectivity index (χ0) is 18.0. The van der Waals surface area contributed by atoms with Crippen LogP contribution in [0.4, 0.5) is 5.69 Å². The minimum atomic E-state index is -0.468. The predicted octanol–water partition coefficient (Wildman–Crippen LogP) is 1.94. The molecule has 6 nitrogen and oxygen atoms in total. The molecule has 2 aliphatic heterocycles. The van der Waals surface area contributed by atoms with Gasteiger partial charge in [0.25, 0.3) is 5.91 Å². The van der Waals surface area contributed by atoms with Crippen molar-refractivity contribution < 1.29 is 14.4 Å². The fraction of sp³-hybridized carbons (Fsp3) is 0.526. The zero-order valence-corrected chi connectivity index (χ0v) is 14.8. The summed E-state index contributed by atoms with van der Waals surface area (Å²) in [6, 6.07) is 6.66. The molecule has 0 radical (unpaired) electrons. The first-order valence-corrected chi connectivity index (χ1v) is 9.03. The van der Waals surface area contributed by atoms with E-state index in [9.17, 15) is 14.4 Å². The third kappa shape index (κ3) is 3.38. The molecule has 2 aliphatic rings. The molecule has 2 atom stereocenters. The number of carbonyl (C=O) groups is 3. The average Bonchev–Trinajstić information content (AvgIpc) is 2.72. The van der Waals surface area contributed by atoms with Gasteiger partial charge in [0.2, 0.25) is 11.8 Å². The van der Waals surface area contributed by atoms with Crippen LogP contribution >= 0.6 is 0 Å². The van der Waals surface area contributed by atoms with Crippen LogP contribution in [0, 0.1) is 0 Å². The second-order valence-corrected chi connectivity index (χ2v) is 6.83. The molecular formula is C19H25N3O3. The number of carbonyl (C=O) groups excluding carboxylic acids is 3. The summed E-state index contributed by atoms with van der Waals surface area (Å²) in [4.78, 5) is 41.6. The molecule has 1 fully saturated rings. The summed E-state index contributed by atoms with van der Waals surface area (Å²) < 4.78 is 0. The Morgan fingerprint density at radius 2 is 2.04 bits per heavy atom. The lowest BCUT2D eigenvalue weighted by molar-refractivity contribution is -0.127. The maximum atomic E-state index is 13.1. The van der Waals surface area contributed by atoms with Gasteiger partial charge >= 0.3 is 0 Å². The smallest absolute Gasteiger partial charge is 0.256 e. The lowest BCUT2D eigenvalue weighted by Crippen LogP contribution is -2.52. The SMILES string of the molecule is CC[C@H](C)NC(=O)CN1C(=O)[C@H]2CCCCN2C(=O)c2ccccc21. The highest BCUT2D eigenvalue weighted by atomic mass is 16.2. The van der Waals surface area contributed by atoms with E-state index in [1.807, 2.05) is 13.8 Å². The number of fused-ring (bicyclic) bond motifs is 2. The molecule has 1 saturated heterocycles. The number of rotatable bonds is 4. The van der Waals surface area contributed by atoms with E-state index in [1.54, 1.807) is 29.2 Å². The standard InChI is InChI=1S/C19H25N3O3/c1-3-13(2)20-17(23)12-22-15-9-5-4-8-14(15)18(24)21-11-7-6-10-16(21)19(22)25/h4-5,8-9,13,16H,3,6-7,10-12H2,1-2H3,(H,20,23)/t13-,16+/m0/s1. The molecule has 3 rings (SSSR count). The minimum absolute atomic E-state index is 0.0534. The van der Waals surface area contributed by atoms with Crippen molar-refractivity contribution in [2.75, 3.05) is 18.0 Å². The molecule has 0 saturated carbocycles. The van der Waals surface area contributed by atoms with Crippen LogP contribution in [-0.4, -0.2) is 47.8 Å². The molecule has 0 unspecified atom stereocenters. The molecule has 134 valence electrons. The van der Waals surface area contributed by atoms with Crippen LogP contribution in [0.25, 0.3) is 0 Å². The highest BCUT2D eigenvalue weighted by Crippen LogP contribution is 2.31. The maximum Gasteiger partial charge on any atom is 0.256 e. The summed E-state index contributed by atoms with van der Waals surface area (Å²) in [6.45, 7) is 4.46. The molecule has 1 aromatic carbocycles. The van der Waals surface area contributed by atoms with Crippen molar-refractivity contribution in [3.63, 3.8) is 0 Å². The van der Waals surface area contributed by atoms with E-state index in [4.69, 9.17) is 0 Å². The average molecular weight is 343 g/mol. The van der Waals surface area contributed by atoms with Crippen LogP contribution in [0.15, 0.2) is 24.3 Å². The van der Waals surface area contributed by atoms with Gasteiger partial charge < -0.3 is 15.1 Å². The number of piperidine rings is 1. The summed E-state index contributed by atoms with van der Waals surface area (Å²) in [7, 11) is 0. The first kappa shape index (κ1) is 17.5. The van der Waals surface area contributed by atoms with Gasteiger partial charge in [0.1, 0.15) is 12.6 Å². The predicted molar refractivity (Wildman–Crippen MR) is 95.4 cm³/mol. The monoisotopic (exact) mass is 343 g/mol. The lowest BCUT2D eigenvalue weighted by atomic mass is 10.0. The Hall–Kier alpha value is -2.37. The molecular weight excluding hydrogens is 318 g/mol. The minimum Gasteiger partial charge on any atom is -0.352 e. The van der Waals surface area contributed by atoms with Crippen molar-refractivity contribution in [2.24, 2.45) is 0 Å². The number of amides is 3. The quantitative estimate of drug-likeness (QED) is 0.908. The van der Waals surface area contributed by atoms with E-state index >= 15 is 0 Å². The fourth-order valence-corrected chi connectivity index (χ4v) is 3.50. The maximum absolute atomic E-state index is 13.1. The number of nitrogens with zero attached hydrogens (tertiary/aromatic N) is 2. The Morgan fingerprint density at radius 1 is 1.28 bits per heavy atom. The second kappa shape index (κ2) is 7.25. The van der Waals surface area contributed by atoms with Crippen LogP contribution in [0.2, 0.25) is 0 Å². The van der Waals surface area contributed by atoms with Crippen molar-refractivity contribution in [2.45, 2.75) is 51.6 Å². The molecule has 6 heteroatoms. The topological polar surface area (TPSA) is 69.7 Å². The lowest BCUT2D eigenvalue weighted by Gasteiger charge is -2.34. The normalized spacial score (nSPS) is 21.3. The summed E-state index contributed by atoms with van der Waals surface area (Å²) in [5, 5.41) is 2.90. The van der Waals surface area contributed by atoms with Gasteiger partial charge in [-0.3, -0.25) is 14.4 Å². The number of benzene rings is 1. The van der Waals surface area contributed by atoms with Crippen molar-refractivity contribution >= 4 is 23.4 Å². The summed E-state index contributed by atoms with van der Waals surface area (Å²) in [5.74, 6) is -0.468. The Morgan fingerprint density at radius 3 is 2.80 bits per heavy atom. The number of para-hydroxylation sites is 1. The highest BCUT2D eigenvalue weighted by Gasteiger charge is 2.40. The molecule has 0 spiro atoms. The van der Waals surface area contributed by atoms with E-state index < -0.39 is 6.04 Å². The molecule has 25 heavy (non-hydrogen) atoms. The molecule has 0 bridgehead atoms. The molecule has 0 aromatic heterocycles. The van der Waals surface area contributed by atoms with Gasteiger partial charge in [0.15, 0.2) is 0 Å². The van der Waals surface area contributed by atoms with E-state index in [0.29, 0.717) is 24.2 Å². The Balaban J connectivity index is 1.95. The molecule has 1 aromatic rings. The third-order valence-corrected chi connectivity index (χ3v) is 5.06.